The van der Waals surface area contributed by atoms with Crippen LogP contribution in [-0.4, -0.2) is 12.4 Å². The number of unbranched alkanes of at least 4 members (excludes halogenated alkanes) is 1. The first-order valence-corrected chi connectivity index (χ1v) is 5.94. The third-order valence-electron chi connectivity index (χ3n) is 2.15. The molecule has 1 aromatic carbocycles. The zero-order valence-electron chi connectivity index (χ0n) is 8.98. The van der Waals surface area contributed by atoms with Gasteiger partial charge in [-0.3, -0.25) is 0 Å². The number of para-hydroxylation sites is 1. The molecule has 0 bridgehead atoms. The second kappa shape index (κ2) is 7.41. The lowest BCUT2D eigenvalue weighted by atomic mass is 10.1. The van der Waals surface area contributed by atoms with Crippen molar-refractivity contribution in [3.8, 4) is 5.75 Å². The molecule has 0 radical (unpaired) electrons. The Bertz CT molecular complexity index is 296. The predicted molar refractivity (Wildman–Crippen MR) is 68.9 cm³/mol. The van der Waals surface area contributed by atoms with Crippen molar-refractivity contribution in [2.24, 2.45) is 0 Å². The third-order valence-corrected chi connectivity index (χ3v) is 2.46. The van der Waals surface area contributed by atoms with E-state index in [1.165, 1.54) is 5.56 Å². The number of hydrogen-bond acceptors (Lipinski definition) is 2. The quantitative estimate of drug-likeness (QED) is 0.422. The van der Waals surface area contributed by atoms with Crippen molar-refractivity contribution in [1.82, 2.24) is 0 Å². The summed E-state index contributed by atoms with van der Waals surface area (Å²) in [6, 6.07) is 8.12. The van der Waals surface area contributed by atoms with Gasteiger partial charge in [-0.15, -0.1) is 6.58 Å². The number of allylic oxidation sites excluding steroid dienone is 1. The normalized spacial score (nSPS) is 9.93. The molecule has 0 fully saturated rings. The van der Waals surface area contributed by atoms with Crippen molar-refractivity contribution < 1.29 is 4.74 Å². The Labute approximate surface area is 97.6 Å². The molecule has 0 amide bonds. The van der Waals surface area contributed by atoms with E-state index in [0.717, 1.165) is 37.4 Å². The van der Waals surface area contributed by atoms with Gasteiger partial charge in [-0.25, -0.2) is 0 Å². The van der Waals surface area contributed by atoms with Crippen LogP contribution in [0.4, 0.5) is 0 Å². The lowest BCUT2D eigenvalue weighted by molar-refractivity contribution is 0.307. The lowest BCUT2D eigenvalue weighted by Gasteiger charge is -2.09. The SMILES string of the molecule is C=CCc1ccccc1OCCCCS. The monoisotopic (exact) mass is 222 g/mol. The minimum Gasteiger partial charge on any atom is -0.493 e. The Kier molecular flexibility index (Phi) is 6.02. The van der Waals surface area contributed by atoms with E-state index in [2.05, 4.69) is 25.3 Å². The average Bonchev–Trinajstić information content (AvgIpc) is 2.27. The molecule has 15 heavy (non-hydrogen) atoms. The molecule has 82 valence electrons. The summed E-state index contributed by atoms with van der Waals surface area (Å²) in [5.74, 6) is 1.91. The summed E-state index contributed by atoms with van der Waals surface area (Å²) >= 11 is 4.17. The summed E-state index contributed by atoms with van der Waals surface area (Å²) in [6.45, 7) is 4.51. The standard InChI is InChI=1S/C13H18OS/c1-2-7-12-8-3-4-9-13(12)14-10-5-6-11-15/h2-4,8-9,15H,1,5-7,10-11H2. The van der Waals surface area contributed by atoms with Crippen molar-refractivity contribution in [2.45, 2.75) is 19.3 Å². The Morgan fingerprint density at radius 2 is 2.07 bits per heavy atom. The average molecular weight is 222 g/mol. The van der Waals surface area contributed by atoms with Crippen LogP contribution in [0, 0.1) is 0 Å². The van der Waals surface area contributed by atoms with E-state index in [9.17, 15) is 0 Å². The van der Waals surface area contributed by atoms with Gasteiger partial charge >= 0.3 is 0 Å². The molecule has 0 spiro atoms. The fourth-order valence-corrected chi connectivity index (χ4v) is 1.59. The predicted octanol–water partition coefficient (Wildman–Crippen LogP) is 3.50. The molecular weight excluding hydrogens is 204 g/mol. The van der Waals surface area contributed by atoms with Gasteiger partial charge in [0.1, 0.15) is 5.75 Å². The highest BCUT2D eigenvalue weighted by Crippen LogP contribution is 2.18. The van der Waals surface area contributed by atoms with Gasteiger partial charge < -0.3 is 4.74 Å². The first kappa shape index (κ1) is 12.2. The molecule has 0 heterocycles. The fourth-order valence-electron chi connectivity index (χ4n) is 1.36. The van der Waals surface area contributed by atoms with Crippen LogP contribution >= 0.6 is 12.6 Å². The van der Waals surface area contributed by atoms with Crippen molar-refractivity contribution in [1.29, 1.82) is 0 Å². The first-order chi connectivity index (χ1) is 7.38. The summed E-state index contributed by atoms with van der Waals surface area (Å²) < 4.78 is 5.71. The molecule has 0 saturated carbocycles. The maximum absolute atomic E-state index is 5.71. The fraction of sp³-hybridized carbons (Fsp3) is 0.385. The molecule has 1 rings (SSSR count). The summed E-state index contributed by atoms with van der Waals surface area (Å²) in [4.78, 5) is 0. The van der Waals surface area contributed by atoms with E-state index in [1.807, 2.05) is 24.3 Å². The summed E-state index contributed by atoms with van der Waals surface area (Å²) in [5, 5.41) is 0. The van der Waals surface area contributed by atoms with Crippen molar-refractivity contribution in [3.05, 3.63) is 42.5 Å². The number of thiol groups is 1. The molecule has 0 N–H and O–H groups in total. The van der Waals surface area contributed by atoms with E-state index < -0.39 is 0 Å². The molecule has 0 aliphatic heterocycles. The molecule has 2 heteroatoms. The highest BCUT2D eigenvalue weighted by molar-refractivity contribution is 7.80. The van der Waals surface area contributed by atoms with E-state index in [-0.39, 0.29) is 0 Å². The zero-order chi connectivity index (χ0) is 10.9. The smallest absolute Gasteiger partial charge is 0.122 e. The van der Waals surface area contributed by atoms with E-state index >= 15 is 0 Å². The number of hydrogen-bond donors (Lipinski definition) is 1. The Balaban J connectivity index is 2.47. The highest BCUT2D eigenvalue weighted by Gasteiger charge is 2.00. The van der Waals surface area contributed by atoms with Gasteiger partial charge in [-0.1, -0.05) is 24.3 Å². The molecule has 0 unspecified atom stereocenters. The van der Waals surface area contributed by atoms with Gasteiger partial charge in [0.25, 0.3) is 0 Å². The lowest BCUT2D eigenvalue weighted by Crippen LogP contribution is -2.00. The maximum atomic E-state index is 5.71. The molecular formula is C13H18OS. The van der Waals surface area contributed by atoms with Gasteiger partial charge in [0.2, 0.25) is 0 Å². The minimum atomic E-state index is 0.773. The largest absolute Gasteiger partial charge is 0.493 e. The second-order valence-electron chi connectivity index (χ2n) is 3.38. The van der Waals surface area contributed by atoms with Crippen LogP contribution in [0.3, 0.4) is 0 Å². The Morgan fingerprint density at radius 1 is 1.27 bits per heavy atom. The molecule has 0 aliphatic rings. The van der Waals surface area contributed by atoms with Crippen LogP contribution < -0.4 is 4.74 Å². The van der Waals surface area contributed by atoms with E-state index in [0.29, 0.717) is 0 Å². The molecule has 1 aromatic rings. The van der Waals surface area contributed by atoms with Crippen LogP contribution in [0.25, 0.3) is 0 Å². The highest BCUT2D eigenvalue weighted by atomic mass is 32.1. The van der Waals surface area contributed by atoms with Gasteiger partial charge in [0.05, 0.1) is 6.61 Å². The maximum Gasteiger partial charge on any atom is 0.122 e. The van der Waals surface area contributed by atoms with Gasteiger partial charge in [-0.05, 0) is 36.6 Å². The number of benzene rings is 1. The molecule has 0 saturated heterocycles. The minimum absolute atomic E-state index is 0.773. The molecule has 1 nitrogen and oxygen atoms in total. The second-order valence-corrected chi connectivity index (χ2v) is 3.83. The number of ether oxygens (including phenoxy) is 1. The van der Waals surface area contributed by atoms with Crippen LogP contribution in [0.5, 0.6) is 5.75 Å². The first-order valence-electron chi connectivity index (χ1n) is 5.31. The van der Waals surface area contributed by atoms with Crippen LogP contribution in [-0.2, 0) is 6.42 Å². The number of rotatable bonds is 7. The van der Waals surface area contributed by atoms with Crippen molar-refractivity contribution in [3.63, 3.8) is 0 Å². The van der Waals surface area contributed by atoms with Crippen molar-refractivity contribution >= 4 is 12.6 Å². The zero-order valence-corrected chi connectivity index (χ0v) is 9.88. The molecule has 0 atom stereocenters. The van der Waals surface area contributed by atoms with Crippen LogP contribution in [0.15, 0.2) is 36.9 Å². The topological polar surface area (TPSA) is 9.23 Å². The third kappa shape index (κ3) is 4.43. The summed E-state index contributed by atoms with van der Waals surface area (Å²) in [6.07, 6.45) is 4.93. The molecule has 0 aliphatic carbocycles. The van der Waals surface area contributed by atoms with Gasteiger partial charge in [-0.2, -0.15) is 12.6 Å². The molecule has 0 aromatic heterocycles. The van der Waals surface area contributed by atoms with E-state index in [4.69, 9.17) is 4.74 Å². The van der Waals surface area contributed by atoms with Crippen LogP contribution in [0.1, 0.15) is 18.4 Å². The Morgan fingerprint density at radius 3 is 2.80 bits per heavy atom. The van der Waals surface area contributed by atoms with E-state index in [1.54, 1.807) is 0 Å². The van der Waals surface area contributed by atoms with Crippen molar-refractivity contribution in [2.75, 3.05) is 12.4 Å². The van der Waals surface area contributed by atoms with Gasteiger partial charge in [0, 0.05) is 0 Å². The Hall–Kier alpha value is -0.890. The summed E-state index contributed by atoms with van der Waals surface area (Å²) in [7, 11) is 0. The van der Waals surface area contributed by atoms with Gasteiger partial charge in [0.15, 0.2) is 0 Å². The summed E-state index contributed by atoms with van der Waals surface area (Å²) in [5.41, 5.74) is 1.21. The van der Waals surface area contributed by atoms with Crippen LogP contribution in [0.2, 0.25) is 0 Å².